The van der Waals surface area contributed by atoms with Crippen LogP contribution in [0.25, 0.3) is 0 Å². The Morgan fingerprint density at radius 3 is 2.00 bits per heavy atom. The Kier molecular flexibility index (Phi) is 5.87. The molecule has 29 heavy (non-hydrogen) atoms. The Balaban J connectivity index is 1.24. The van der Waals surface area contributed by atoms with Gasteiger partial charge in [0.25, 0.3) is 0 Å². The average Bonchev–Trinajstić information content (AvgIpc) is 2.64. The zero-order valence-electron chi connectivity index (χ0n) is 17.7. The lowest BCUT2D eigenvalue weighted by Gasteiger charge is -2.56. The van der Waals surface area contributed by atoms with Gasteiger partial charge in [-0.25, -0.2) is 9.97 Å². The van der Waals surface area contributed by atoms with Gasteiger partial charge in [-0.2, -0.15) is 0 Å². The maximum Gasteiger partial charge on any atom is 0.238 e. The molecule has 5 rings (SSSR count). The van der Waals surface area contributed by atoms with Crippen LogP contribution in [0.4, 0.5) is 0 Å². The summed E-state index contributed by atoms with van der Waals surface area (Å²) in [6.07, 6.45) is 11.1. The van der Waals surface area contributed by atoms with E-state index < -0.39 is 0 Å². The van der Waals surface area contributed by atoms with Crippen molar-refractivity contribution >= 4 is 23.6 Å². The number of aromatic nitrogens is 2. The molecule has 4 fully saturated rings. The lowest BCUT2D eigenvalue weighted by molar-refractivity contribution is -0.134. The Morgan fingerprint density at radius 2 is 1.48 bits per heavy atom. The van der Waals surface area contributed by atoms with Gasteiger partial charge in [-0.1, -0.05) is 11.8 Å². The second kappa shape index (κ2) is 8.25. The molecule has 0 radical (unpaired) electrons. The molecule has 4 saturated carbocycles. The van der Waals surface area contributed by atoms with Crippen LogP contribution in [-0.4, -0.2) is 28.0 Å². The molecule has 1 aromatic rings. The summed E-state index contributed by atoms with van der Waals surface area (Å²) in [6.45, 7) is 3.91. The van der Waals surface area contributed by atoms with Crippen molar-refractivity contribution < 1.29 is 9.59 Å². The lowest BCUT2D eigenvalue weighted by Crippen LogP contribution is -2.50. The van der Waals surface area contributed by atoms with E-state index in [1.54, 1.807) is 0 Å². The van der Waals surface area contributed by atoms with Gasteiger partial charge < -0.3 is 0 Å². The van der Waals surface area contributed by atoms with Gasteiger partial charge in [0.1, 0.15) is 0 Å². The fourth-order valence-corrected chi connectivity index (χ4v) is 6.95. The maximum atomic E-state index is 12.5. The molecule has 7 heteroatoms. The third-order valence-corrected chi connectivity index (χ3v) is 7.77. The Labute approximate surface area is 177 Å². The van der Waals surface area contributed by atoms with Gasteiger partial charge in [0.15, 0.2) is 5.16 Å². The molecular formula is C22H32N4O2S. The molecule has 0 saturated heterocycles. The number of carbonyl (C=O) groups is 2. The molecule has 0 aromatic carbocycles. The molecule has 1 aromatic heterocycles. The van der Waals surface area contributed by atoms with Crippen molar-refractivity contribution in [2.45, 2.75) is 76.8 Å². The first-order chi connectivity index (χ1) is 13.9. The van der Waals surface area contributed by atoms with Crippen LogP contribution >= 0.6 is 11.8 Å². The van der Waals surface area contributed by atoms with Crippen LogP contribution in [0.2, 0.25) is 0 Å². The van der Waals surface area contributed by atoms with Crippen molar-refractivity contribution in [3.05, 3.63) is 17.0 Å². The molecule has 4 aliphatic carbocycles. The number of hydrogen-bond acceptors (Lipinski definition) is 5. The van der Waals surface area contributed by atoms with Crippen LogP contribution in [0.15, 0.2) is 5.16 Å². The molecule has 4 aliphatic rings. The summed E-state index contributed by atoms with van der Waals surface area (Å²) in [4.78, 5) is 33.7. The summed E-state index contributed by atoms with van der Waals surface area (Å²) in [5, 5.41) is 0.755. The van der Waals surface area contributed by atoms with E-state index in [4.69, 9.17) is 0 Å². The van der Waals surface area contributed by atoms with E-state index in [1.165, 1.54) is 50.3 Å². The van der Waals surface area contributed by atoms with Crippen LogP contribution in [0.3, 0.4) is 0 Å². The SMILES string of the molecule is CSc1nc(C)c(CCC(=O)NNC(=O)CC23CC4CC(CC(C4)C2)C3)c(C)n1. The van der Waals surface area contributed by atoms with Gasteiger partial charge in [-0.3, -0.25) is 20.4 Å². The standard InChI is InChI=1S/C22H32N4O2S/c1-13-18(14(2)24-21(23-13)29-3)4-5-19(27)25-26-20(28)12-22-9-15-6-16(10-22)8-17(7-15)11-22/h15-17H,4-12H2,1-3H3,(H,25,27)(H,26,28). The summed E-state index contributed by atoms with van der Waals surface area (Å²) in [6, 6.07) is 0. The third-order valence-electron chi connectivity index (χ3n) is 7.23. The number of nitrogens with zero attached hydrogens (tertiary/aromatic N) is 2. The van der Waals surface area contributed by atoms with Gasteiger partial charge in [-0.15, -0.1) is 0 Å². The first-order valence-electron chi connectivity index (χ1n) is 10.8. The second-order valence-electron chi connectivity index (χ2n) is 9.55. The van der Waals surface area contributed by atoms with Crippen molar-refractivity contribution in [1.82, 2.24) is 20.8 Å². The molecule has 158 valence electrons. The van der Waals surface area contributed by atoms with E-state index in [2.05, 4.69) is 20.8 Å². The number of hydrogen-bond donors (Lipinski definition) is 2. The van der Waals surface area contributed by atoms with Gasteiger partial charge in [0.05, 0.1) is 0 Å². The first kappa shape index (κ1) is 20.6. The Morgan fingerprint density at radius 1 is 0.966 bits per heavy atom. The van der Waals surface area contributed by atoms with Crippen LogP contribution in [-0.2, 0) is 16.0 Å². The predicted molar refractivity (Wildman–Crippen MR) is 113 cm³/mol. The highest BCUT2D eigenvalue weighted by Gasteiger charge is 2.51. The molecule has 0 aliphatic heterocycles. The van der Waals surface area contributed by atoms with Crippen LogP contribution < -0.4 is 10.9 Å². The quantitative estimate of drug-likeness (QED) is 0.421. The number of hydrazine groups is 1. The fraction of sp³-hybridized carbons (Fsp3) is 0.727. The molecule has 0 unspecified atom stereocenters. The highest BCUT2D eigenvalue weighted by atomic mass is 32.2. The maximum absolute atomic E-state index is 12.5. The minimum Gasteiger partial charge on any atom is -0.273 e. The minimum atomic E-state index is -0.170. The highest BCUT2D eigenvalue weighted by molar-refractivity contribution is 7.98. The van der Waals surface area contributed by atoms with Crippen molar-refractivity contribution in [1.29, 1.82) is 0 Å². The van der Waals surface area contributed by atoms with Crippen molar-refractivity contribution in [3.8, 4) is 0 Å². The Bertz CT molecular complexity index is 752. The number of nitrogens with one attached hydrogen (secondary N) is 2. The van der Waals surface area contributed by atoms with E-state index in [1.807, 2.05) is 20.1 Å². The first-order valence-corrected chi connectivity index (χ1v) is 12.0. The molecule has 0 atom stereocenters. The van der Waals surface area contributed by atoms with Gasteiger partial charge in [-0.05, 0) is 93.8 Å². The van der Waals surface area contributed by atoms with Crippen molar-refractivity contribution in [2.24, 2.45) is 23.2 Å². The number of aryl methyl sites for hydroxylation is 2. The zero-order chi connectivity index (χ0) is 20.6. The molecule has 6 nitrogen and oxygen atoms in total. The largest absolute Gasteiger partial charge is 0.273 e. The fourth-order valence-electron chi connectivity index (χ4n) is 6.49. The smallest absolute Gasteiger partial charge is 0.238 e. The summed E-state index contributed by atoms with van der Waals surface area (Å²) in [7, 11) is 0. The minimum absolute atomic E-state index is 0.0414. The summed E-state index contributed by atoms with van der Waals surface area (Å²) in [5.41, 5.74) is 8.32. The Hall–Kier alpha value is -1.63. The second-order valence-corrected chi connectivity index (χ2v) is 10.3. The van der Waals surface area contributed by atoms with Crippen LogP contribution in [0.1, 0.15) is 68.3 Å². The van der Waals surface area contributed by atoms with Crippen molar-refractivity contribution in [2.75, 3.05) is 6.26 Å². The highest BCUT2D eigenvalue weighted by Crippen LogP contribution is 2.61. The van der Waals surface area contributed by atoms with Crippen molar-refractivity contribution in [3.63, 3.8) is 0 Å². The molecular weight excluding hydrogens is 384 g/mol. The van der Waals surface area contributed by atoms with Gasteiger partial charge in [0.2, 0.25) is 11.8 Å². The molecule has 2 amide bonds. The van der Waals surface area contributed by atoms with E-state index >= 15 is 0 Å². The molecule has 4 bridgehead atoms. The third kappa shape index (κ3) is 4.60. The zero-order valence-corrected chi connectivity index (χ0v) is 18.5. The summed E-state index contributed by atoms with van der Waals surface area (Å²) >= 11 is 1.52. The van der Waals surface area contributed by atoms with Crippen LogP contribution in [0.5, 0.6) is 0 Å². The predicted octanol–water partition coefficient (Wildman–Crippen LogP) is 3.50. The lowest BCUT2D eigenvalue weighted by atomic mass is 9.49. The molecule has 2 N–H and O–H groups in total. The summed E-state index contributed by atoms with van der Waals surface area (Å²) < 4.78 is 0. The van der Waals surface area contributed by atoms with Gasteiger partial charge >= 0.3 is 0 Å². The van der Waals surface area contributed by atoms with E-state index in [-0.39, 0.29) is 17.2 Å². The topological polar surface area (TPSA) is 84.0 Å². The van der Waals surface area contributed by atoms with Gasteiger partial charge in [0, 0.05) is 24.2 Å². The summed E-state index contributed by atoms with van der Waals surface area (Å²) in [5.74, 6) is 2.27. The van der Waals surface area contributed by atoms with E-state index in [9.17, 15) is 9.59 Å². The van der Waals surface area contributed by atoms with E-state index in [0.29, 0.717) is 19.3 Å². The molecule has 1 heterocycles. The monoisotopic (exact) mass is 416 g/mol. The normalized spacial score (nSPS) is 29.7. The average molecular weight is 417 g/mol. The number of carbonyl (C=O) groups excluding carboxylic acids is 2. The number of thioether (sulfide) groups is 1. The number of rotatable bonds is 6. The molecule has 0 spiro atoms. The van der Waals surface area contributed by atoms with Crippen LogP contribution in [0, 0.1) is 37.0 Å². The van der Waals surface area contributed by atoms with E-state index in [0.717, 1.165) is 39.9 Å². The number of amides is 2.